The minimum Gasteiger partial charge on any atom is -0.311 e. The van der Waals surface area contributed by atoms with Crippen LogP contribution in [0.1, 0.15) is 31.2 Å². The maximum atomic E-state index is 13.1. The molecule has 2 unspecified atom stereocenters. The molecule has 0 aromatic heterocycles. The van der Waals surface area contributed by atoms with Gasteiger partial charge in [0.25, 0.3) is 0 Å². The van der Waals surface area contributed by atoms with Gasteiger partial charge in [-0.2, -0.15) is 0 Å². The molecule has 0 spiro atoms. The topological polar surface area (TPSA) is 12.0 Å². The van der Waals surface area contributed by atoms with Gasteiger partial charge in [-0.15, -0.1) is 0 Å². The summed E-state index contributed by atoms with van der Waals surface area (Å²) in [7, 11) is 0. The third kappa shape index (κ3) is 2.39. The summed E-state index contributed by atoms with van der Waals surface area (Å²) in [5.74, 6) is -1.01. The predicted molar refractivity (Wildman–Crippen MR) is 63.5 cm³/mol. The molecule has 3 heteroatoms. The molecule has 2 heterocycles. The molecule has 2 bridgehead atoms. The van der Waals surface area contributed by atoms with E-state index in [0.717, 1.165) is 18.9 Å². The fourth-order valence-corrected chi connectivity index (χ4v) is 2.95. The van der Waals surface area contributed by atoms with Gasteiger partial charge in [-0.1, -0.05) is 11.6 Å². The highest BCUT2D eigenvalue weighted by Gasteiger charge is 2.29. The van der Waals surface area contributed by atoms with E-state index in [0.29, 0.717) is 17.6 Å². The smallest absolute Gasteiger partial charge is 0.126 e. The van der Waals surface area contributed by atoms with Crippen LogP contribution in [0, 0.1) is 11.6 Å². The molecular weight excluding hydrogens is 220 g/mol. The predicted octanol–water partition coefficient (Wildman–Crippen LogP) is 3.26. The van der Waals surface area contributed by atoms with E-state index in [1.165, 1.54) is 30.5 Å². The second-order valence-electron chi connectivity index (χ2n) is 5.05. The molecule has 17 heavy (non-hydrogen) atoms. The SMILES string of the molecule is Fc1cc(F)cc(C=C2CC3CCC(C2)N3)c1. The highest BCUT2D eigenvalue weighted by Crippen LogP contribution is 2.31. The second-order valence-corrected chi connectivity index (χ2v) is 5.05. The molecule has 1 nitrogen and oxygen atoms in total. The lowest BCUT2D eigenvalue weighted by Gasteiger charge is -2.23. The summed E-state index contributed by atoms with van der Waals surface area (Å²) in [6.07, 6.45) is 6.40. The van der Waals surface area contributed by atoms with Crippen molar-refractivity contribution in [1.82, 2.24) is 5.32 Å². The highest BCUT2D eigenvalue weighted by atomic mass is 19.1. The molecule has 0 saturated carbocycles. The van der Waals surface area contributed by atoms with Crippen LogP contribution in [0.5, 0.6) is 0 Å². The summed E-state index contributed by atoms with van der Waals surface area (Å²) in [4.78, 5) is 0. The summed E-state index contributed by atoms with van der Waals surface area (Å²) >= 11 is 0. The molecule has 90 valence electrons. The van der Waals surface area contributed by atoms with Crippen LogP contribution in [0.25, 0.3) is 6.08 Å². The van der Waals surface area contributed by atoms with Crippen molar-refractivity contribution in [2.24, 2.45) is 0 Å². The van der Waals surface area contributed by atoms with Crippen LogP contribution < -0.4 is 5.32 Å². The van der Waals surface area contributed by atoms with Crippen LogP contribution in [-0.2, 0) is 0 Å². The van der Waals surface area contributed by atoms with Crippen molar-refractivity contribution in [3.05, 3.63) is 41.0 Å². The maximum absolute atomic E-state index is 13.1. The number of hydrogen-bond acceptors (Lipinski definition) is 1. The zero-order chi connectivity index (χ0) is 11.8. The first-order valence-corrected chi connectivity index (χ1v) is 6.10. The Morgan fingerprint density at radius 1 is 1.00 bits per heavy atom. The fourth-order valence-electron chi connectivity index (χ4n) is 2.95. The van der Waals surface area contributed by atoms with E-state index in [4.69, 9.17) is 0 Å². The molecule has 0 amide bonds. The van der Waals surface area contributed by atoms with Crippen molar-refractivity contribution in [3.63, 3.8) is 0 Å². The van der Waals surface area contributed by atoms with Crippen molar-refractivity contribution in [2.75, 3.05) is 0 Å². The number of hydrogen-bond donors (Lipinski definition) is 1. The van der Waals surface area contributed by atoms with E-state index >= 15 is 0 Å². The van der Waals surface area contributed by atoms with Crippen LogP contribution >= 0.6 is 0 Å². The molecule has 0 aliphatic carbocycles. The second kappa shape index (κ2) is 4.22. The lowest BCUT2D eigenvalue weighted by molar-refractivity contribution is 0.476. The Morgan fingerprint density at radius 2 is 1.59 bits per heavy atom. The van der Waals surface area contributed by atoms with E-state index in [1.54, 1.807) is 0 Å². The van der Waals surface area contributed by atoms with Gasteiger partial charge in [0.15, 0.2) is 0 Å². The Balaban J connectivity index is 1.85. The molecule has 1 aromatic rings. The van der Waals surface area contributed by atoms with Gasteiger partial charge >= 0.3 is 0 Å². The van der Waals surface area contributed by atoms with Gasteiger partial charge in [-0.3, -0.25) is 0 Å². The third-order valence-corrected chi connectivity index (χ3v) is 3.61. The summed E-state index contributed by atoms with van der Waals surface area (Å²) in [6.45, 7) is 0. The first-order valence-electron chi connectivity index (χ1n) is 6.10. The zero-order valence-electron chi connectivity index (χ0n) is 9.55. The highest BCUT2D eigenvalue weighted by molar-refractivity contribution is 5.53. The van der Waals surface area contributed by atoms with E-state index < -0.39 is 11.6 Å². The molecule has 2 aliphatic rings. The Bertz CT molecular complexity index is 433. The lowest BCUT2D eigenvalue weighted by atomic mass is 9.97. The van der Waals surface area contributed by atoms with E-state index in [9.17, 15) is 8.78 Å². The number of rotatable bonds is 1. The van der Waals surface area contributed by atoms with Gasteiger partial charge in [0.2, 0.25) is 0 Å². The van der Waals surface area contributed by atoms with Gasteiger partial charge in [0.05, 0.1) is 0 Å². The number of fused-ring (bicyclic) bond motifs is 2. The summed E-state index contributed by atoms with van der Waals surface area (Å²) < 4.78 is 26.1. The van der Waals surface area contributed by atoms with E-state index in [2.05, 4.69) is 5.32 Å². The molecule has 1 aromatic carbocycles. The molecule has 2 fully saturated rings. The van der Waals surface area contributed by atoms with Crippen molar-refractivity contribution in [3.8, 4) is 0 Å². The normalized spacial score (nSPS) is 27.3. The molecule has 0 radical (unpaired) electrons. The van der Waals surface area contributed by atoms with Crippen LogP contribution in [-0.4, -0.2) is 12.1 Å². The number of halogens is 2. The number of benzene rings is 1. The first kappa shape index (κ1) is 10.9. The minimum atomic E-state index is -0.506. The Labute approximate surface area is 99.5 Å². The first-order chi connectivity index (χ1) is 8.19. The largest absolute Gasteiger partial charge is 0.311 e. The van der Waals surface area contributed by atoms with E-state index in [1.807, 2.05) is 6.08 Å². The standard InChI is InChI=1S/C14H15F2N/c15-11-4-9(5-12(16)8-11)3-10-6-13-1-2-14(7-10)17-13/h3-5,8,13-14,17H,1-2,6-7H2. The monoisotopic (exact) mass is 235 g/mol. The molecule has 2 aliphatic heterocycles. The lowest BCUT2D eigenvalue weighted by Crippen LogP contribution is -2.34. The van der Waals surface area contributed by atoms with Gasteiger partial charge in [-0.25, -0.2) is 8.78 Å². The van der Waals surface area contributed by atoms with Crippen LogP contribution in [0.3, 0.4) is 0 Å². The minimum absolute atomic E-state index is 0.506. The maximum Gasteiger partial charge on any atom is 0.126 e. The average Bonchev–Trinajstić information content (AvgIpc) is 2.56. The van der Waals surface area contributed by atoms with E-state index in [-0.39, 0.29) is 0 Å². The van der Waals surface area contributed by atoms with Crippen LogP contribution in [0.15, 0.2) is 23.8 Å². The molecular formula is C14H15F2N. The summed E-state index contributed by atoms with van der Waals surface area (Å²) in [6, 6.07) is 4.82. The molecule has 3 rings (SSSR count). The summed E-state index contributed by atoms with van der Waals surface area (Å²) in [5, 5.41) is 3.54. The Morgan fingerprint density at radius 3 is 2.18 bits per heavy atom. The van der Waals surface area contributed by atoms with Crippen molar-refractivity contribution in [2.45, 2.75) is 37.8 Å². The third-order valence-electron chi connectivity index (χ3n) is 3.61. The Hall–Kier alpha value is -1.22. The van der Waals surface area contributed by atoms with Gasteiger partial charge in [-0.05, 0) is 43.4 Å². The summed E-state index contributed by atoms with van der Waals surface area (Å²) in [5.41, 5.74) is 1.94. The van der Waals surface area contributed by atoms with Crippen molar-refractivity contribution >= 4 is 6.08 Å². The molecule has 2 saturated heterocycles. The quantitative estimate of drug-likeness (QED) is 0.787. The van der Waals surface area contributed by atoms with Crippen LogP contribution in [0.4, 0.5) is 8.78 Å². The number of nitrogens with one attached hydrogen (secondary N) is 1. The van der Waals surface area contributed by atoms with Gasteiger partial charge < -0.3 is 5.32 Å². The van der Waals surface area contributed by atoms with Crippen molar-refractivity contribution in [1.29, 1.82) is 0 Å². The molecule has 2 atom stereocenters. The van der Waals surface area contributed by atoms with Crippen molar-refractivity contribution < 1.29 is 8.78 Å². The Kier molecular flexibility index (Phi) is 2.71. The van der Waals surface area contributed by atoms with Gasteiger partial charge in [0.1, 0.15) is 11.6 Å². The van der Waals surface area contributed by atoms with Gasteiger partial charge in [0, 0.05) is 18.2 Å². The van der Waals surface area contributed by atoms with Crippen LogP contribution in [0.2, 0.25) is 0 Å². The zero-order valence-corrected chi connectivity index (χ0v) is 9.55. The average molecular weight is 235 g/mol. The number of piperidine rings is 1. The fraction of sp³-hybridized carbons (Fsp3) is 0.429. The molecule has 1 N–H and O–H groups in total.